The Morgan fingerprint density at radius 3 is 2.83 bits per heavy atom. The van der Waals surface area contributed by atoms with Crippen molar-refractivity contribution in [2.75, 3.05) is 27.2 Å². The Morgan fingerprint density at radius 2 is 2.22 bits per heavy atom. The first-order valence-electron chi connectivity index (χ1n) is 5.93. The van der Waals surface area contributed by atoms with Gasteiger partial charge in [-0.2, -0.15) is 0 Å². The van der Waals surface area contributed by atoms with E-state index in [1.165, 1.54) is 0 Å². The fourth-order valence-electron chi connectivity index (χ4n) is 2.20. The largest absolute Gasteiger partial charge is 0.337 e. The summed E-state index contributed by atoms with van der Waals surface area (Å²) in [5, 5.41) is 0. The van der Waals surface area contributed by atoms with Crippen LogP contribution in [0.3, 0.4) is 0 Å². The normalized spacial score (nSPS) is 19.6. The summed E-state index contributed by atoms with van der Waals surface area (Å²) in [5.41, 5.74) is 0.696. The topological polar surface area (TPSA) is 23.6 Å². The van der Waals surface area contributed by atoms with Gasteiger partial charge in [0.1, 0.15) is 0 Å². The first-order valence-corrected chi connectivity index (χ1v) is 7.17. The molecule has 1 amide bonds. The summed E-state index contributed by atoms with van der Waals surface area (Å²) in [6.45, 7) is 1.62. The lowest BCUT2D eigenvalue weighted by molar-refractivity contribution is 0.0782. The first kappa shape index (κ1) is 13.9. The van der Waals surface area contributed by atoms with Crippen LogP contribution in [0.15, 0.2) is 27.6 Å². The second-order valence-corrected chi connectivity index (χ2v) is 6.19. The molecule has 1 unspecified atom stereocenters. The minimum atomic E-state index is 0.0853. The molecule has 0 radical (unpaired) electrons. The first-order chi connectivity index (χ1) is 8.49. The quantitative estimate of drug-likeness (QED) is 0.843. The van der Waals surface area contributed by atoms with Crippen LogP contribution in [-0.2, 0) is 0 Å². The molecule has 1 heterocycles. The van der Waals surface area contributed by atoms with Gasteiger partial charge in [0.05, 0.1) is 5.56 Å². The van der Waals surface area contributed by atoms with Crippen molar-refractivity contribution < 1.29 is 4.79 Å². The number of amides is 1. The van der Waals surface area contributed by atoms with Crippen LogP contribution in [0.2, 0.25) is 0 Å². The van der Waals surface area contributed by atoms with Crippen molar-refractivity contribution in [3.05, 3.63) is 28.2 Å². The highest BCUT2D eigenvalue weighted by atomic mass is 79.9. The maximum Gasteiger partial charge on any atom is 0.255 e. The van der Waals surface area contributed by atoms with Gasteiger partial charge in [-0.15, -0.1) is 12.6 Å². The van der Waals surface area contributed by atoms with Crippen molar-refractivity contribution >= 4 is 34.5 Å². The lowest BCUT2D eigenvalue weighted by Crippen LogP contribution is -2.34. The lowest BCUT2D eigenvalue weighted by Gasteiger charge is -2.21. The highest BCUT2D eigenvalue weighted by Crippen LogP contribution is 2.24. The number of nitrogens with zero attached hydrogens (tertiary/aromatic N) is 2. The van der Waals surface area contributed by atoms with Crippen LogP contribution < -0.4 is 0 Å². The zero-order valence-electron chi connectivity index (χ0n) is 10.6. The van der Waals surface area contributed by atoms with Crippen LogP contribution in [0.4, 0.5) is 0 Å². The van der Waals surface area contributed by atoms with E-state index < -0.39 is 0 Å². The molecular weight excluding hydrogens is 312 g/mol. The van der Waals surface area contributed by atoms with Crippen molar-refractivity contribution in [1.82, 2.24) is 9.80 Å². The Balaban J connectivity index is 2.15. The minimum absolute atomic E-state index is 0.0853. The van der Waals surface area contributed by atoms with Gasteiger partial charge in [-0.25, -0.2) is 0 Å². The van der Waals surface area contributed by atoms with Crippen LogP contribution in [-0.4, -0.2) is 48.9 Å². The number of thiol groups is 1. The third-order valence-electron chi connectivity index (χ3n) is 3.36. The van der Waals surface area contributed by atoms with Crippen molar-refractivity contribution in [1.29, 1.82) is 0 Å². The number of hydrogen-bond donors (Lipinski definition) is 1. The molecule has 0 bridgehead atoms. The summed E-state index contributed by atoms with van der Waals surface area (Å²) in [7, 11) is 4.12. The molecule has 3 nitrogen and oxygen atoms in total. The Morgan fingerprint density at radius 1 is 1.50 bits per heavy atom. The van der Waals surface area contributed by atoms with Gasteiger partial charge >= 0.3 is 0 Å². The monoisotopic (exact) mass is 328 g/mol. The van der Waals surface area contributed by atoms with Crippen LogP contribution in [0, 0.1) is 0 Å². The Bertz CT molecular complexity index is 464. The van der Waals surface area contributed by atoms with E-state index in [1.54, 1.807) is 0 Å². The number of carbonyl (C=O) groups is 1. The van der Waals surface area contributed by atoms with E-state index >= 15 is 0 Å². The highest BCUT2D eigenvalue weighted by molar-refractivity contribution is 9.10. The lowest BCUT2D eigenvalue weighted by atomic mass is 10.2. The van der Waals surface area contributed by atoms with Gasteiger partial charge in [-0.1, -0.05) is 0 Å². The molecule has 1 saturated heterocycles. The van der Waals surface area contributed by atoms with E-state index in [-0.39, 0.29) is 5.91 Å². The van der Waals surface area contributed by atoms with Gasteiger partial charge in [-0.05, 0) is 54.6 Å². The molecule has 1 aromatic rings. The fraction of sp³-hybridized carbons (Fsp3) is 0.462. The minimum Gasteiger partial charge on any atom is -0.337 e. The summed E-state index contributed by atoms with van der Waals surface area (Å²) < 4.78 is 0.832. The molecule has 98 valence electrons. The molecule has 0 aromatic heterocycles. The van der Waals surface area contributed by atoms with Gasteiger partial charge in [0.2, 0.25) is 0 Å². The highest BCUT2D eigenvalue weighted by Gasteiger charge is 2.28. The number of likely N-dealkylation sites (N-methyl/N-ethyl adjacent to an activating group) is 1. The van der Waals surface area contributed by atoms with E-state index in [1.807, 2.05) is 23.1 Å². The smallest absolute Gasteiger partial charge is 0.255 e. The number of benzene rings is 1. The number of rotatable bonds is 2. The molecule has 1 atom stereocenters. The number of halogens is 1. The molecule has 0 saturated carbocycles. The number of hydrogen-bond acceptors (Lipinski definition) is 3. The van der Waals surface area contributed by atoms with E-state index in [2.05, 4.69) is 47.6 Å². The third kappa shape index (κ3) is 2.90. The van der Waals surface area contributed by atoms with E-state index in [0.717, 1.165) is 28.9 Å². The molecule has 0 aliphatic carbocycles. The van der Waals surface area contributed by atoms with Crippen LogP contribution in [0.5, 0.6) is 0 Å². The summed E-state index contributed by atoms with van der Waals surface area (Å²) >= 11 is 7.72. The molecule has 1 aliphatic rings. The van der Waals surface area contributed by atoms with E-state index in [0.29, 0.717) is 11.6 Å². The predicted molar refractivity (Wildman–Crippen MR) is 79.4 cm³/mol. The molecule has 18 heavy (non-hydrogen) atoms. The second kappa shape index (κ2) is 5.63. The summed E-state index contributed by atoms with van der Waals surface area (Å²) in [6, 6.07) is 6.02. The summed E-state index contributed by atoms with van der Waals surface area (Å²) in [6.07, 6.45) is 1.04. The zero-order chi connectivity index (χ0) is 13.3. The standard InChI is InChI=1S/C13H17BrN2OS/c1-15(2)9-5-6-16(8-9)13(17)11-7-10(18)3-4-12(11)14/h3-4,7,9,18H,5-6,8H2,1-2H3. The predicted octanol–water partition coefficient (Wildman–Crippen LogP) is 2.51. The van der Waals surface area contributed by atoms with Crippen LogP contribution in [0.25, 0.3) is 0 Å². The van der Waals surface area contributed by atoms with Gasteiger partial charge < -0.3 is 9.80 Å². The Kier molecular flexibility index (Phi) is 4.35. The SMILES string of the molecule is CN(C)C1CCN(C(=O)c2cc(S)ccc2Br)C1. The summed E-state index contributed by atoms with van der Waals surface area (Å²) in [5.74, 6) is 0.0853. The van der Waals surface area contributed by atoms with Crippen molar-refractivity contribution in [3.8, 4) is 0 Å². The molecular formula is C13H17BrN2OS. The second-order valence-electron chi connectivity index (χ2n) is 4.82. The molecule has 0 spiro atoms. The van der Waals surface area contributed by atoms with E-state index in [4.69, 9.17) is 0 Å². The maximum absolute atomic E-state index is 12.4. The van der Waals surface area contributed by atoms with Crippen molar-refractivity contribution in [2.45, 2.75) is 17.4 Å². The average Bonchev–Trinajstić information content (AvgIpc) is 2.81. The fourth-order valence-corrected chi connectivity index (χ4v) is 2.82. The molecule has 5 heteroatoms. The van der Waals surface area contributed by atoms with Gasteiger partial charge in [0.15, 0.2) is 0 Å². The van der Waals surface area contributed by atoms with Crippen molar-refractivity contribution in [3.63, 3.8) is 0 Å². The van der Waals surface area contributed by atoms with E-state index in [9.17, 15) is 4.79 Å². The molecule has 0 N–H and O–H groups in total. The Hall–Kier alpha value is -0.520. The molecule has 1 fully saturated rings. The molecule has 2 rings (SSSR count). The third-order valence-corrected chi connectivity index (χ3v) is 4.33. The Labute approximate surface area is 122 Å². The number of likely N-dealkylation sites (tertiary alicyclic amines) is 1. The summed E-state index contributed by atoms with van der Waals surface area (Å²) in [4.78, 5) is 17.3. The van der Waals surface area contributed by atoms with Gasteiger partial charge in [-0.3, -0.25) is 4.79 Å². The average molecular weight is 329 g/mol. The molecule has 1 aliphatic heterocycles. The van der Waals surface area contributed by atoms with Crippen LogP contribution in [0.1, 0.15) is 16.8 Å². The van der Waals surface area contributed by atoms with Gasteiger partial charge in [0.25, 0.3) is 5.91 Å². The number of carbonyl (C=O) groups excluding carboxylic acids is 1. The molecule has 1 aromatic carbocycles. The maximum atomic E-state index is 12.4. The zero-order valence-corrected chi connectivity index (χ0v) is 13.0. The van der Waals surface area contributed by atoms with Crippen LogP contribution >= 0.6 is 28.6 Å². The van der Waals surface area contributed by atoms with Crippen molar-refractivity contribution in [2.24, 2.45) is 0 Å². The van der Waals surface area contributed by atoms with Gasteiger partial charge in [0, 0.05) is 28.5 Å².